The zero-order valence-corrected chi connectivity index (χ0v) is 20.5. The van der Waals surface area contributed by atoms with Gasteiger partial charge in [-0.05, 0) is 38.1 Å². The van der Waals surface area contributed by atoms with E-state index in [1.807, 2.05) is 85.2 Å². The van der Waals surface area contributed by atoms with Crippen LogP contribution in [0.1, 0.15) is 20.3 Å². The van der Waals surface area contributed by atoms with Crippen molar-refractivity contribution < 1.29 is 29.7 Å². The third-order valence-corrected chi connectivity index (χ3v) is 3.97. The molecule has 5 heteroatoms. The topological polar surface area (TPSA) is 59.9 Å². The average Bonchev–Trinajstić information content (AvgIpc) is 2.81. The molecule has 0 aliphatic carbocycles. The Morgan fingerprint density at radius 1 is 0.562 bits per heavy atom. The maximum absolute atomic E-state index is 10.0. The second kappa shape index (κ2) is 15.5. The third-order valence-electron chi connectivity index (χ3n) is 3.97. The molecule has 4 rings (SSSR count). The van der Waals surface area contributed by atoms with Crippen molar-refractivity contribution in [3.05, 3.63) is 109 Å². The Bertz CT molecular complexity index is 880. The van der Waals surface area contributed by atoms with Crippen molar-refractivity contribution in [2.24, 2.45) is 0 Å². The van der Waals surface area contributed by atoms with Crippen LogP contribution in [0.5, 0.6) is 0 Å². The van der Waals surface area contributed by atoms with Gasteiger partial charge in [-0.15, -0.1) is 0 Å². The maximum atomic E-state index is 10.0. The number of hydrogen-bond acceptors (Lipinski definition) is 4. The van der Waals surface area contributed by atoms with Crippen molar-refractivity contribution in [1.82, 2.24) is 9.97 Å². The van der Waals surface area contributed by atoms with Crippen molar-refractivity contribution in [3.63, 3.8) is 0 Å². The van der Waals surface area contributed by atoms with E-state index in [0.29, 0.717) is 0 Å². The molecule has 1 radical (unpaired) electrons. The summed E-state index contributed by atoms with van der Waals surface area (Å²) >= 11 is 0. The monoisotopic (exact) mass is 603 g/mol. The standard InChI is InChI=1S/2C11H9N.C5H8O2.Ir/c2*1-2-6-10(7-3-1)11-8-4-5-9-12-11;1-4(6)3-5(2)7;/h2*1-9H;3H2,1-2H3;. The molecule has 0 spiro atoms. The van der Waals surface area contributed by atoms with E-state index in [0.717, 1.165) is 22.5 Å². The SMILES string of the molecule is CC(=O)CC(C)=O.[Ir].c1ccc(-c2ccccn2)cc1.c1ccc(-c2ccccn2)cc1. The van der Waals surface area contributed by atoms with E-state index < -0.39 is 0 Å². The summed E-state index contributed by atoms with van der Waals surface area (Å²) in [5.41, 5.74) is 4.38. The van der Waals surface area contributed by atoms with E-state index in [9.17, 15) is 9.59 Å². The van der Waals surface area contributed by atoms with Crippen LogP contribution in [0.2, 0.25) is 0 Å². The van der Waals surface area contributed by atoms with Gasteiger partial charge in [0.1, 0.15) is 11.6 Å². The number of aromatic nitrogens is 2. The number of rotatable bonds is 4. The Morgan fingerprint density at radius 3 is 1.16 bits per heavy atom. The normalized spacial score (nSPS) is 9.06. The molecule has 0 amide bonds. The number of Topliss-reactive ketones (excluding diaryl/α,β-unsaturated/α-hetero) is 2. The number of carbonyl (C=O) groups excluding carboxylic acids is 2. The van der Waals surface area contributed by atoms with Gasteiger partial charge in [-0.2, -0.15) is 0 Å². The third kappa shape index (κ3) is 10.7. The number of benzene rings is 2. The van der Waals surface area contributed by atoms with Gasteiger partial charge in [0.25, 0.3) is 0 Å². The van der Waals surface area contributed by atoms with Crippen LogP contribution in [0, 0.1) is 0 Å². The molecule has 2 aromatic carbocycles. The molecule has 32 heavy (non-hydrogen) atoms. The molecular weight excluding hydrogens is 577 g/mol. The molecule has 0 saturated heterocycles. The predicted molar refractivity (Wildman–Crippen MR) is 125 cm³/mol. The summed E-state index contributed by atoms with van der Waals surface area (Å²) in [6.45, 7) is 2.81. The zero-order chi connectivity index (χ0) is 22.3. The average molecular weight is 603 g/mol. The van der Waals surface area contributed by atoms with Crippen LogP contribution in [-0.2, 0) is 29.7 Å². The van der Waals surface area contributed by atoms with Gasteiger partial charge in [-0.3, -0.25) is 19.6 Å². The molecule has 165 valence electrons. The second-order valence-electron chi connectivity index (χ2n) is 6.74. The van der Waals surface area contributed by atoms with Crippen molar-refractivity contribution >= 4 is 11.6 Å². The van der Waals surface area contributed by atoms with E-state index in [-0.39, 0.29) is 38.1 Å². The summed E-state index contributed by atoms with van der Waals surface area (Å²) in [7, 11) is 0. The van der Waals surface area contributed by atoms with Crippen molar-refractivity contribution in [1.29, 1.82) is 0 Å². The number of hydrogen-bond donors (Lipinski definition) is 0. The van der Waals surface area contributed by atoms with Gasteiger partial charge in [0.15, 0.2) is 0 Å². The van der Waals surface area contributed by atoms with Gasteiger partial charge in [0.05, 0.1) is 17.8 Å². The summed E-state index contributed by atoms with van der Waals surface area (Å²) in [6, 6.07) is 32.2. The number of ketones is 2. The van der Waals surface area contributed by atoms with E-state index in [1.165, 1.54) is 13.8 Å². The van der Waals surface area contributed by atoms with Crippen LogP contribution in [0.3, 0.4) is 0 Å². The molecule has 0 atom stereocenters. The minimum Gasteiger partial charge on any atom is -0.300 e. The summed E-state index contributed by atoms with van der Waals surface area (Å²) < 4.78 is 0. The first-order chi connectivity index (χ1) is 15.1. The van der Waals surface area contributed by atoms with Gasteiger partial charge < -0.3 is 0 Å². The summed E-state index contributed by atoms with van der Waals surface area (Å²) in [6.07, 6.45) is 3.70. The Kier molecular flexibility index (Phi) is 13.0. The largest absolute Gasteiger partial charge is 0.300 e. The molecule has 4 nitrogen and oxygen atoms in total. The maximum Gasteiger partial charge on any atom is 0.137 e. The Hall–Kier alpha value is -3.27. The zero-order valence-electron chi connectivity index (χ0n) is 18.1. The Morgan fingerprint density at radius 2 is 0.906 bits per heavy atom. The Labute approximate surface area is 203 Å². The van der Waals surface area contributed by atoms with Gasteiger partial charge in [0.2, 0.25) is 0 Å². The van der Waals surface area contributed by atoms with E-state index in [1.54, 1.807) is 0 Å². The first-order valence-electron chi connectivity index (χ1n) is 9.98. The van der Waals surface area contributed by atoms with Crippen molar-refractivity contribution in [3.8, 4) is 22.5 Å². The van der Waals surface area contributed by atoms with Crippen LogP contribution < -0.4 is 0 Å². The molecule has 4 aromatic rings. The fraction of sp³-hybridized carbons (Fsp3) is 0.111. The molecule has 0 bridgehead atoms. The molecule has 0 saturated carbocycles. The molecule has 0 aliphatic heterocycles. The molecule has 2 heterocycles. The van der Waals surface area contributed by atoms with Gasteiger partial charge >= 0.3 is 0 Å². The van der Waals surface area contributed by atoms with E-state index in [4.69, 9.17) is 0 Å². The van der Waals surface area contributed by atoms with Crippen LogP contribution in [0.4, 0.5) is 0 Å². The van der Waals surface area contributed by atoms with E-state index in [2.05, 4.69) is 34.2 Å². The summed E-state index contributed by atoms with van der Waals surface area (Å²) in [5, 5.41) is 0. The molecule has 0 N–H and O–H groups in total. The fourth-order valence-electron chi connectivity index (χ4n) is 2.64. The molecule has 0 fully saturated rings. The number of pyridine rings is 2. The van der Waals surface area contributed by atoms with Gasteiger partial charge in [-0.1, -0.05) is 72.8 Å². The first-order valence-corrected chi connectivity index (χ1v) is 9.98. The van der Waals surface area contributed by atoms with Crippen molar-refractivity contribution in [2.75, 3.05) is 0 Å². The van der Waals surface area contributed by atoms with Gasteiger partial charge in [0, 0.05) is 43.6 Å². The van der Waals surface area contributed by atoms with Crippen LogP contribution in [0.25, 0.3) is 22.5 Å². The predicted octanol–water partition coefficient (Wildman–Crippen LogP) is 6.05. The minimum atomic E-state index is -0.0625. The summed E-state index contributed by atoms with van der Waals surface area (Å²) in [4.78, 5) is 28.6. The quantitative estimate of drug-likeness (QED) is 0.267. The number of carbonyl (C=O) groups is 2. The fourth-order valence-corrected chi connectivity index (χ4v) is 2.64. The van der Waals surface area contributed by atoms with Crippen LogP contribution in [-0.4, -0.2) is 21.5 Å². The van der Waals surface area contributed by atoms with Crippen molar-refractivity contribution in [2.45, 2.75) is 20.3 Å². The smallest absolute Gasteiger partial charge is 0.137 e. The molecule has 0 aliphatic rings. The number of nitrogens with zero attached hydrogens (tertiary/aromatic N) is 2. The molecule has 2 aromatic heterocycles. The van der Waals surface area contributed by atoms with Crippen LogP contribution in [0.15, 0.2) is 109 Å². The Balaban J connectivity index is 0.000000246. The van der Waals surface area contributed by atoms with Gasteiger partial charge in [-0.25, -0.2) is 0 Å². The minimum absolute atomic E-state index is 0. The summed E-state index contributed by atoms with van der Waals surface area (Å²) in [5.74, 6) is -0.125. The first kappa shape index (κ1) is 26.8. The molecular formula is C27H26IrN2O2. The second-order valence-corrected chi connectivity index (χ2v) is 6.74. The van der Waals surface area contributed by atoms with Crippen LogP contribution >= 0.6 is 0 Å². The van der Waals surface area contributed by atoms with E-state index >= 15 is 0 Å². The molecule has 0 unspecified atom stereocenters.